The highest BCUT2D eigenvalue weighted by Crippen LogP contribution is 2.29. The van der Waals surface area contributed by atoms with Crippen LogP contribution in [0.15, 0.2) is 33.6 Å². The van der Waals surface area contributed by atoms with Crippen molar-refractivity contribution in [2.75, 3.05) is 25.0 Å². The number of benzene rings is 1. The zero-order chi connectivity index (χ0) is 20.4. The molecule has 2 saturated heterocycles. The molecule has 156 valence electrons. The number of rotatable bonds is 5. The van der Waals surface area contributed by atoms with Crippen LogP contribution >= 0.6 is 11.6 Å². The highest BCUT2D eigenvalue weighted by atomic mass is 35.5. The number of halogens is 1. The SMILES string of the molecule is O=C(Nc1nnc(C2CCCO2)o1)C1CCN(S(=O)(=O)c2ccc(Cl)cc2)CC1. The summed E-state index contributed by atoms with van der Waals surface area (Å²) in [6, 6.07) is 6.10. The van der Waals surface area contributed by atoms with Gasteiger partial charge in [0.25, 0.3) is 0 Å². The molecule has 3 heterocycles. The topological polar surface area (TPSA) is 115 Å². The minimum absolute atomic E-state index is 0.0386. The second-order valence-electron chi connectivity index (χ2n) is 7.07. The second-order valence-corrected chi connectivity index (χ2v) is 9.44. The smallest absolute Gasteiger partial charge is 0.322 e. The number of sulfonamides is 1. The molecule has 2 aromatic rings. The number of nitrogens with zero attached hydrogens (tertiary/aromatic N) is 3. The normalized spacial score (nSPS) is 21.3. The highest BCUT2D eigenvalue weighted by molar-refractivity contribution is 7.89. The maximum Gasteiger partial charge on any atom is 0.322 e. The standard InChI is InChI=1S/C18H21ClN4O5S/c19-13-3-5-14(6-4-13)29(25,26)23-9-7-12(8-10-23)16(24)20-18-22-21-17(28-18)15-2-1-11-27-15/h3-6,12,15H,1-2,7-11H2,(H,20,22,24). The Morgan fingerprint density at radius 3 is 2.52 bits per heavy atom. The first-order valence-corrected chi connectivity index (χ1v) is 11.3. The van der Waals surface area contributed by atoms with E-state index in [0.29, 0.717) is 30.4 Å². The molecule has 0 saturated carbocycles. The lowest BCUT2D eigenvalue weighted by Crippen LogP contribution is -2.41. The number of carbonyl (C=O) groups excluding carboxylic acids is 1. The molecule has 0 spiro atoms. The van der Waals surface area contributed by atoms with E-state index in [1.807, 2.05) is 0 Å². The van der Waals surface area contributed by atoms with Crippen LogP contribution in [0.4, 0.5) is 6.01 Å². The average molecular weight is 441 g/mol. The Bertz CT molecular complexity index is 964. The number of nitrogens with one attached hydrogen (secondary N) is 1. The van der Waals surface area contributed by atoms with Crippen molar-refractivity contribution < 1.29 is 22.4 Å². The van der Waals surface area contributed by atoms with Crippen molar-refractivity contribution in [3.05, 3.63) is 35.2 Å². The van der Waals surface area contributed by atoms with Crippen molar-refractivity contribution in [3.63, 3.8) is 0 Å². The van der Waals surface area contributed by atoms with Gasteiger partial charge >= 0.3 is 6.01 Å². The van der Waals surface area contributed by atoms with Gasteiger partial charge in [-0.3, -0.25) is 10.1 Å². The number of anilines is 1. The predicted molar refractivity (Wildman–Crippen MR) is 104 cm³/mol. The van der Waals surface area contributed by atoms with Gasteiger partial charge in [-0.05, 0) is 49.9 Å². The van der Waals surface area contributed by atoms with Gasteiger partial charge < -0.3 is 9.15 Å². The summed E-state index contributed by atoms with van der Waals surface area (Å²) >= 11 is 5.83. The lowest BCUT2D eigenvalue weighted by Gasteiger charge is -2.30. The van der Waals surface area contributed by atoms with Crippen molar-refractivity contribution in [2.24, 2.45) is 5.92 Å². The van der Waals surface area contributed by atoms with Crippen molar-refractivity contribution in [3.8, 4) is 0 Å². The van der Waals surface area contributed by atoms with E-state index in [4.69, 9.17) is 20.8 Å². The van der Waals surface area contributed by atoms with Crippen LogP contribution in [-0.2, 0) is 19.6 Å². The Hall–Kier alpha value is -2.01. The fourth-order valence-electron chi connectivity index (χ4n) is 3.51. The molecule has 2 fully saturated rings. The minimum Gasteiger partial charge on any atom is -0.405 e. The van der Waals surface area contributed by atoms with E-state index in [1.54, 1.807) is 12.1 Å². The summed E-state index contributed by atoms with van der Waals surface area (Å²) < 4.78 is 37.8. The maximum absolute atomic E-state index is 12.7. The van der Waals surface area contributed by atoms with Crippen LogP contribution < -0.4 is 5.32 Å². The predicted octanol–water partition coefficient (Wildman–Crippen LogP) is 2.61. The van der Waals surface area contributed by atoms with Crippen LogP contribution in [0.25, 0.3) is 0 Å². The molecular formula is C18H21ClN4O5S. The molecule has 29 heavy (non-hydrogen) atoms. The van der Waals surface area contributed by atoms with E-state index in [-0.39, 0.29) is 41.9 Å². The summed E-state index contributed by atoms with van der Waals surface area (Å²) in [5.74, 6) is -0.220. The van der Waals surface area contributed by atoms with Gasteiger partial charge in [0, 0.05) is 30.6 Å². The first-order chi connectivity index (χ1) is 13.9. The molecule has 1 aromatic carbocycles. The van der Waals surface area contributed by atoms with Crippen LogP contribution in [0.1, 0.15) is 37.7 Å². The van der Waals surface area contributed by atoms with Gasteiger partial charge in [0.2, 0.25) is 21.8 Å². The molecule has 1 aromatic heterocycles. The van der Waals surface area contributed by atoms with Crippen molar-refractivity contribution >= 4 is 33.5 Å². The fourth-order valence-corrected chi connectivity index (χ4v) is 5.10. The molecular weight excluding hydrogens is 420 g/mol. The summed E-state index contributed by atoms with van der Waals surface area (Å²) in [5, 5.41) is 10.9. The summed E-state index contributed by atoms with van der Waals surface area (Å²) in [4.78, 5) is 12.7. The molecule has 9 nitrogen and oxygen atoms in total. The second kappa shape index (κ2) is 8.39. The number of hydrogen-bond acceptors (Lipinski definition) is 7. The molecule has 2 aliphatic heterocycles. The quantitative estimate of drug-likeness (QED) is 0.759. The van der Waals surface area contributed by atoms with Gasteiger partial charge in [0.05, 0.1) is 4.90 Å². The summed E-state index contributed by atoms with van der Waals surface area (Å²) in [5.41, 5.74) is 0. The third-order valence-corrected chi connectivity index (χ3v) is 7.32. The lowest BCUT2D eigenvalue weighted by molar-refractivity contribution is -0.121. The first kappa shape index (κ1) is 20.3. The van der Waals surface area contributed by atoms with Gasteiger partial charge in [0.1, 0.15) is 6.10 Å². The third-order valence-electron chi connectivity index (χ3n) is 5.15. The Balaban J connectivity index is 1.33. The molecule has 1 amide bonds. The van der Waals surface area contributed by atoms with Gasteiger partial charge in [-0.2, -0.15) is 4.31 Å². The number of carbonyl (C=O) groups is 1. The fraction of sp³-hybridized carbons (Fsp3) is 0.500. The molecule has 4 rings (SSSR count). The maximum atomic E-state index is 12.7. The highest BCUT2D eigenvalue weighted by Gasteiger charge is 2.33. The lowest BCUT2D eigenvalue weighted by atomic mass is 9.97. The molecule has 11 heteroatoms. The number of aromatic nitrogens is 2. The van der Waals surface area contributed by atoms with E-state index in [0.717, 1.165) is 12.8 Å². The average Bonchev–Trinajstić information content (AvgIpc) is 3.40. The molecule has 0 bridgehead atoms. The zero-order valence-electron chi connectivity index (χ0n) is 15.6. The summed E-state index contributed by atoms with van der Waals surface area (Å²) in [7, 11) is -3.60. The number of amides is 1. The van der Waals surface area contributed by atoms with Gasteiger partial charge in [-0.1, -0.05) is 16.7 Å². The van der Waals surface area contributed by atoms with E-state index in [1.165, 1.54) is 16.4 Å². The summed E-state index contributed by atoms with van der Waals surface area (Å²) in [6.07, 6.45) is 2.36. The largest absolute Gasteiger partial charge is 0.405 e. The van der Waals surface area contributed by atoms with E-state index >= 15 is 0 Å². The summed E-state index contributed by atoms with van der Waals surface area (Å²) in [6.45, 7) is 1.17. The zero-order valence-corrected chi connectivity index (χ0v) is 17.2. The molecule has 1 unspecified atom stereocenters. The van der Waals surface area contributed by atoms with Gasteiger partial charge in [0.15, 0.2) is 0 Å². The monoisotopic (exact) mass is 440 g/mol. The van der Waals surface area contributed by atoms with Crippen LogP contribution in [0, 0.1) is 5.92 Å². The molecule has 0 aliphatic carbocycles. The number of piperidine rings is 1. The first-order valence-electron chi connectivity index (χ1n) is 9.45. The minimum atomic E-state index is -3.60. The van der Waals surface area contributed by atoms with E-state index < -0.39 is 10.0 Å². The van der Waals surface area contributed by atoms with Crippen LogP contribution in [0.3, 0.4) is 0 Å². The molecule has 0 radical (unpaired) electrons. The Kier molecular flexibility index (Phi) is 5.86. The van der Waals surface area contributed by atoms with Crippen molar-refractivity contribution in [1.82, 2.24) is 14.5 Å². The van der Waals surface area contributed by atoms with E-state index in [9.17, 15) is 13.2 Å². The van der Waals surface area contributed by atoms with Gasteiger partial charge in [-0.15, -0.1) is 5.10 Å². The van der Waals surface area contributed by atoms with Crippen LogP contribution in [-0.4, -0.2) is 48.5 Å². The Labute approximate surface area is 173 Å². The number of ether oxygens (including phenoxy) is 1. The Morgan fingerprint density at radius 2 is 1.86 bits per heavy atom. The van der Waals surface area contributed by atoms with Crippen LogP contribution in [0.5, 0.6) is 0 Å². The van der Waals surface area contributed by atoms with Gasteiger partial charge in [-0.25, -0.2) is 8.42 Å². The third kappa shape index (κ3) is 4.45. The van der Waals surface area contributed by atoms with Crippen LogP contribution in [0.2, 0.25) is 5.02 Å². The van der Waals surface area contributed by atoms with E-state index in [2.05, 4.69) is 15.5 Å². The Morgan fingerprint density at radius 1 is 1.14 bits per heavy atom. The molecule has 1 atom stereocenters. The molecule has 1 N–H and O–H groups in total. The van der Waals surface area contributed by atoms with Crippen molar-refractivity contribution in [2.45, 2.75) is 36.7 Å². The molecule has 2 aliphatic rings. The van der Waals surface area contributed by atoms with Crippen molar-refractivity contribution in [1.29, 1.82) is 0 Å². The number of hydrogen-bond donors (Lipinski definition) is 1.